The smallest absolute Gasteiger partial charge is 0.393 e. The van der Waals surface area contributed by atoms with Crippen LogP contribution in [0.1, 0.15) is 70.0 Å². The van der Waals surface area contributed by atoms with E-state index in [0.29, 0.717) is 91.8 Å². The molecule has 6 heterocycles. The molecule has 0 bridgehead atoms. The van der Waals surface area contributed by atoms with Gasteiger partial charge in [-0.05, 0) is 71.4 Å². The maximum atomic E-state index is 17.7. The van der Waals surface area contributed by atoms with E-state index in [1.165, 1.54) is 17.9 Å². The molecule has 4 nitrogen and oxygen atoms in total. The van der Waals surface area contributed by atoms with Crippen LogP contribution in [-0.2, 0) is 12.8 Å². The Morgan fingerprint density at radius 2 is 0.815 bits per heavy atom. The van der Waals surface area contributed by atoms with Crippen molar-refractivity contribution in [3.05, 3.63) is 177 Å². The number of fused-ring (bicyclic) bond motifs is 12. The lowest BCUT2D eigenvalue weighted by molar-refractivity contribution is -0.317. The summed E-state index contributed by atoms with van der Waals surface area (Å²) in [7, 11) is 0. The lowest BCUT2D eigenvalue weighted by Crippen LogP contribution is -2.50. The number of aryl methyl sites for hydroxylation is 2. The summed E-state index contributed by atoms with van der Waals surface area (Å²) < 4.78 is 75.6. The molecule has 0 saturated heterocycles. The zero-order valence-electron chi connectivity index (χ0n) is 29.6. The summed E-state index contributed by atoms with van der Waals surface area (Å²) in [6, 6.07) is 37.4. The van der Waals surface area contributed by atoms with Crippen molar-refractivity contribution in [2.45, 2.75) is 26.7 Å². The topological polar surface area (TPSA) is 15.9 Å². The predicted molar refractivity (Wildman–Crippen MR) is 211 cm³/mol. The molecule has 7 aromatic rings. The molecule has 54 heavy (non-hydrogen) atoms. The summed E-state index contributed by atoms with van der Waals surface area (Å²) in [5.41, 5.74) is 7.16. The van der Waals surface area contributed by atoms with Crippen LogP contribution in [0.15, 0.2) is 121 Å². The van der Waals surface area contributed by atoms with Crippen molar-refractivity contribution >= 4 is 70.5 Å². The van der Waals surface area contributed by atoms with E-state index in [4.69, 9.17) is 0 Å². The molecule has 0 atom stereocenters. The Hall–Kier alpha value is -6.15. The Balaban J connectivity index is 1.26. The first-order valence-corrected chi connectivity index (χ1v) is 18.6. The second-order valence-electron chi connectivity index (χ2n) is 14.6. The first kappa shape index (κ1) is 31.4. The largest absolute Gasteiger partial charge is 0.737 e. The first-order chi connectivity index (χ1) is 26.3. The predicted octanol–water partition coefficient (Wildman–Crippen LogP) is 9.92. The summed E-state index contributed by atoms with van der Waals surface area (Å²) in [5.74, 6) is 0. The highest BCUT2D eigenvalue weighted by molar-refractivity contribution is 6.61. The molecule has 0 aliphatic carbocycles. The molecule has 10 heteroatoms. The van der Waals surface area contributed by atoms with Gasteiger partial charge in [-0.15, -0.1) is 0 Å². The summed E-state index contributed by atoms with van der Waals surface area (Å²) in [6.45, 7) is -4.94. The van der Waals surface area contributed by atoms with Crippen LogP contribution >= 0.6 is 0 Å². The number of nitrogens with zero attached hydrogens (tertiary/aromatic N) is 4. The van der Waals surface area contributed by atoms with Crippen LogP contribution in [0.3, 0.4) is 0 Å². The van der Waals surface area contributed by atoms with E-state index < -0.39 is 13.9 Å². The van der Waals surface area contributed by atoms with Crippen molar-refractivity contribution in [2.75, 3.05) is 0 Å². The van der Waals surface area contributed by atoms with Crippen LogP contribution in [0.25, 0.3) is 45.1 Å². The number of hydrogen-bond donors (Lipinski definition) is 0. The van der Waals surface area contributed by atoms with E-state index in [0.717, 1.165) is 21.5 Å². The fourth-order valence-electron chi connectivity index (χ4n) is 9.84. The molecule has 0 N–H and O–H groups in total. The molecule has 0 fully saturated rings. The molecule has 262 valence electrons. The van der Waals surface area contributed by atoms with Crippen LogP contribution in [0.2, 0.25) is 0 Å². The summed E-state index contributed by atoms with van der Waals surface area (Å²) in [6.07, 6.45) is 4.61. The quantitative estimate of drug-likeness (QED) is 0.128. The van der Waals surface area contributed by atoms with Gasteiger partial charge in [0.1, 0.15) is 0 Å². The molecule has 2 aromatic heterocycles. The average molecular weight is 714 g/mol. The third-order valence-electron chi connectivity index (χ3n) is 11.9. The molecule has 0 saturated carbocycles. The highest BCUT2D eigenvalue weighted by Gasteiger charge is 2.59. The summed E-state index contributed by atoms with van der Waals surface area (Å²) in [4.78, 5) is 0. The van der Waals surface area contributed by atoms with Gasteiger partial charge in [0, 0.05) is 45.4 Å². The highest BCUT2D eigenvalue weighted by atomic mass is 19.3. The first-order valence-electron chi connectivity index (χ1n) is 18.6. The van der Waals surface area contributed by atoms with Gasteiger partial charge in [0.05, 0.1) is 22.3 Å². The summed E-state index contributed by atoms with van der Waals surface area (Å²) in [5, 5.41) is 3.14. The van der Waals surface area contributed by atoms with Gasteiger partial charge in [0.25, 0.3) is 0 Å². The van der Waals surface area contributed by atoms with E-state index in [-0.39, 0.29) is 0 Å². The molecule has 0 unspecified atom stereocenters. The SMILES string of the molecule is CCc1c2ccccc2c2n1[B-](F)(F)[N+]1=C(c3ccccc3)c3cc4c(cc3C1=C2)C(c1ccccc1)=[N+]1C4=Cc2c3ccccc3c(CC)n2[B-]1(F)F. The Morgan fingerprint density at radius 3 is 1.19 bits per heavy atom. The van der Waals surface area contributed by atoms with Crippen molar-refractivity contribution in [3.63, 3.8) is 0 Å². The summed E-state index contributed by atoms with van der Waals surface area (Å²) >= 11 is 0. The number of rotatable bonds is 4. The zero-order valence-corrected chi connectivity index (χ0v) is 29.6. The fraction of sp³-hybridized carbons (Fsp3) is 0.0909. The molecule has 0 spiro atoms. The Kier molecular flexibility index (Phi) is 6.23. The molecule has 4 aliphatic heterocycles. The van der Waals surface area contributed by atoms with Gasteiger partial charge < -0.3 is 35.2 Å². The van der Waals surface area contributed by atoms with Crippen LogP contribution < -0.4 is 0 Å². The second kappa shape index (κ2) is 10.7. The van der Waals surface area contributed by atoms with Crippen molar-refractivity contribution in [2.24, 2.45) is 0 Å². The number of aromatic nitrogens is 2. The highest BCUT2D eigenvalue weighted by Crippen LogP contribution is 2.49. The number of halogens is 4. The Morgan fingerprint density at radius 1 is 0.463 bits per heavy atom. The lowest BCUT2D eigenvalue weighted by atomic mass is 9.88. The molecule has 0 amide bonds. The molecule has 0 radical (unpaired) electrons. The van der Waals surface area contributed by atoms with Crippen molar-refractivity contribution < 1.29 is 26.2 Å². The number of hydrogen-bond acceptors (Lipinski definition) is 0. The third-order valence-corrected chi connectivity index (χ3v) is 11.9. The van der Waals surface area contributed by atoms with Gasteiger partial charge in [0.15, 0.2) is 22.8 Å². The van der Waals surface area contributed by atoms with Crippen LogP contribution in [0.5, 0.6) is 0 Å². The second-order valence-corrected chi connectivity index (χ2v) is 14.6. The van der Waals surface area contributed by atoms with Crippen LogP contribution in [-0.4, -0.2) is 43.3 Å². The van der Waals surface area contributed by atoms with Crippen molar-refractivity contribution in [1.82, 2.24) is 8.96 Å². The molecule has 5 aromatic carbocycles. The minimum atomic E-state index is -4.38. The van der Waals surface area contributed by atoms with Gasteiger partial charge >= 0.3 is 13.9 Å². The Bertz CT molecular complexity index is 2750. The fourth-order valence-corrected chi connectivity index (χ4v) is 9.84. The van der Waals surface area contributed by atoms with E-state index in [2.05, 4.69) is 0 Å². The zero-order chi connectivity index (χ0) is 36.7. The van der Waals surface area contributed by atoms with E-state index in [1.807, 2.05) is 147 Å². The van der Waals surface area contributed by atoms with E-state index in [1.54, 1.807) is 0 Å². The van der Waals surface area contributed by atoms with Crippen LogP contribution in [0.4, 0.5) is 17.3 Å². The molecular formula is C44H32B2F4N4. The Labute approximate surface area is 309 Å². The maximum absolute atomic E-state index is 17.7. The van der Waals surface area contributed by atoms with Gasteiger partial charge in [-0.25, -0.2) is 0 Å². The molecular weight excluding hydrogens is 682 g/mol. The van der Waals surface area contributed by atoms with Gasteiger partial charge in [-0.2, -0.15) is 0 Å². The van der Waals surface area contributed by atoms with Gasteiger partial charge in [0.2, 0.25) is 0 Å². The van der Waals surface area contributed by atoms with Crippen molar-refractivity contribution in [1.29, 1.82) is 0 Å². The van der Waals surface area contributed by atoms with E-state index in [9.17, 15) is 0 Å². The van der Waals surface area contributed by atoms with Gasteiger partial charge in [-0.3, -0.25) is 0 Å². The average Bonchev–Trinajstić information content (AvgIpc) is 3.91. The van der Waals surface area contributed by atoms with Crippen LogP contribution in [0, 0.1) is 0 Å². The minimum absolute atomic E-state index is 0.365. The monoisotopic (exact) mass is 714 g/mol. The number of benzene rings is 5. The lowest BCUT2D eigenvalue weighted by Gasteiger charge is -2.31. The van der Waals surface area contributed by atoms with Gasteiger partial charge in [-0.1, -0.05) is 98.8 Å². The maximum Gasteiger partial charge on any atom is 0.737 e. The van der Waals surface area contributed by atoms with Crippen molar-refractivity contribution in [3.8, 4) is 0 Å². The molecule has 11 rings (SSSR count). The molecule has 4 aliphatic rings. The minimum Gasteiger partial charge on any atom is -0.393 e. The third kappa shape index (κ3) is 3.80. The normalized spacial score (nSPS) is 17.2. The van der Waals surface area contributed by atoms with E-state index >= 15 is 17.3 Å². The standard InChI is InChI=1S/C44H32B2F4N4/c1-3-37-29-19-11-13-21-31(29)39-25-41-33-23-36-34(24-35(33)43(27-15-7-5-8-16-27)53(41)45(47,48)51(37)39)42-26-40-32-22-14-12-20-30(32)38(4-2)52(40)46(49,50)54(42)44(36)28-17-9-6-10-18-28/h5-26H,3-4H2,1-2H3.